The maximum absolute atomic E-state index is 11.2. The molecule has 1 rings (SSSR count). The molecule has 0 heterocycles. The van der Waals surface area contributed by atoms with Crippen LogP contribution in [-0.4, -0.2) is 18.0 Å². The van der Waals surface area contributed by atoms with Gasteiger partial charge in [0, 0.05) is 17.8 Å². The molecule has 1 N–H and O–H groups in total. The molecule has 2 amide bonds. The van der Waals surface area contributed by atoms with Crippen molar-refractivity contribution in [3.05, 3.63) is 29.3 Å². The highest BCUT2D eigenvalue weighted by Gasteiger charge is 2.06. The van der Waals surface area contributed by atoms with Crippen LogP contribution in [-0.2, 0) is 0 Å². The van der Waals surface area contributed by atoms with Crippen LogP contribution in [0.25, 0.3) is 0 Å². The van der Waals surface area contributed by atoms with E-state index < -0.39 is 6.03 Å². The minimum absolute atomic E-state index is 0.477. The van der Waals surface area contributed by atoms with Gasteiger partial charge in [-0.3, -0.25) is 0 Å². The summed E-state index contributed by atoms with van der Waals surface area (Å²) >= 11 is 5.66. The van der Waals surface area contributed by atoms with Crippen molar-refractivity contribution >= 4 is 23.3 Å². The van der Waals surface area contributed by atoms with E-state index in [1.54, 1.807) is 30.5 Å². The van der Waals surface area contributed by atoms with Gasteiger partial charge in [0.05, 0.1) is 0 Å². The molecule has 14 heavy (non-hydrogen) atoms. The molecule has 5 heteroatoms. The number of carbonyl (C=O) groups excluding carboxylic acids is 1. The van der Waals surface area contributed by atoms with Crippen molar-refractivity contribution in [1.82, 2.24) is 4.90 Å². The van der Waals surface area contributed by atoms with Crippen molar-refractivity contribution in [2.45, 2.75) is 0 Å². The molecular weight excluding hydrogens is 202 g/mol. The number of anilines is 1. The number of urea groups is 1. The maximum Gasteiger partial charge on any atom is 0.334 e. The molecule has 0 aliphatic rings. The summed E-state index contributed by atoms with van der Waals surface area (Å²) in [6.07, 6.45) is 1.69. The summed E-state index contributed by atoms with van der Waals surface area (Å²) in [6, 6.07) is 6.15. The fourth-order valence-electron chi connectivity index (χ4n) is 0.786. The summed E-state index contributed by atoms with van der Waals surface area (Å²) in [7, 11) is 1.38. The molecule has 0 saturated heterocycles. The minimum atomic E-state index is -0.477. The Kier molecular flexibility index (Phi) is 3.32. The van der Waals surface area contributed by atoms with Crippen molar-refractivity contribution < 1.29 is 4.79 Å². The molecule has 1 aromatic carbocycles. The van der Waals surface area contributed by atoms with E-state index in [0.717, 1.165) is 4.90 Å². The Hall–Kier alpha value is -1.73. The maximum atomic E-state index is 11.2. The van der Waals surface area contributed by atoms with Crippen LogP contribution in [0.2, 0.25) is 5.02 Å². The number of halogens is 1. The highest BCUT2D eigenvalue weighted by Crippen LogP contribution is 2.13. The van der Waals surface area contributed by atoms with E-state index in [1.807, 2.05) is 0 Å². The molecule has 0 saturated carbocycles. The average molecular weight is 210 g/mol. The zero-order valence-electron chi connectivity index (χ0n) is 7.49. The molecule has 0 fully saturated rings. The quantitative estimate of drug-likeness (QED) is 0.570. The lowest BCUT2D eigenvalue weighted by atomic mass is 10.3. The van der Waals surface area contributed by atoms with E-state index in [4.69, 9.17) is 16.9 Å². The Balaban J connectivity index is 2.66. The Morgan fingerprint density at radius 3 is 2.57 bits per heavy atom. The van der Waals surface area contributed by atoms with Crippen molar-refractivity contribution in [2.24, 2.45) is 0 Å². The summed E-state index contributed by atoms with van der Waals surface area (Å²) in [4.78, 5) is 12.1. The van der Waals surface area contributed by atoms with Gasteiger partial charge < -0.3 is 5.32 Å². The first-order valence-corrected chi connectivity index (χ1v) is 4.21. The van der Waals surface area contributed by atoms with Gasteiger partial charge in [-0.25, -0.2) is 9.69 Å². The minimum Gasteiger partial charge on any atom is -0.307 e. The van der Waals surface area contributed by atoms with Gasteiger partial charge in [-0.15, -0.1) is 0 Å². The Bertz CT molecular complexity index is 369. The molecule has 0 aliphatic heterocycles. The van der Waals surface area contributed by atoms with Gasteiger partial charge in [0.15, 0.2) is 6.19 Å². The Labute approximate surface area is 86.7 Å². The van der Waals surface area contributed by atoms with Crippen LogP contribution in [0.4, 0.5) is 10.5 Å². The number of nitrogens with one attached hydrogen (secondary N) is 1. The fraction of sp³-hybridized carbons (Fsp3) is 0.111. The fourth-order valence-corrected chi connectivity index (χ4v) is 0.912. The van der Waals surface area contributed by atoms with E-state index in [1.165, 1.54) is 7.05 Å². The summed E-state index contributed by atoms with van der Waals surface area (Å²) in [5.74, 6) is 0. The lowest BCUT2D eigenvalue weighted by molar-refractivity contribution is 0.237. The van der Waals surface area contributed by atoms with Crippen LogP contribution < -0.4 is 5.32 Å². The number of benzene rings is 1. The smallest absolute Gasteiger partial charge is 0.307 e. The summed E-state index contributed by atoms with van der Waals surface area (Å²) in [6.45, 7) is 0. The first-order valence-electron chi connectivity index (χ1n) is 3.83. The molecule has 1 aromatic rings. The third kappa shape index (κ3) is 2.64. The van der Waals surface area contributed by atoms with Gasteiger partial charge in [0.2, 0.25) is 0 Å². The lowest BCUT2D eigenvalue weighted by Gasteiger charge is -2.08. The van der Waals surface area contributed by atoms with Gasteiger partial charge in [0.25, 0.3) is 0 Å². The molecule has 0 aliphatic carbocycles. The highest BCUT2D eigenvalue weighted by molar-refractivity contribution is 6.30. The molecule has 4 nitrogen and oxygen atoms in total. The Morgan fingerprint density at radius 2 is 2.07 bits per heavy atom. The van der Waals surface area contributed by atoms with E-state index >= 15 is 0 Å². The number of amides is 2. The molecule has 0 spiro atoms. The molecular formula is C9H8ClN3O. The van der Waals surface area contributed by atoms with Crippen molar-refractivity contribution in [3.63, 3.8) is 0 Å². The first-order chi connectivity index (χ1) is 6.63. The van der Waals surface area contributed by atoms with Crippen molar-refractivity contribution in [2.75, 3.05) is 12.4 Å². The topological polar surface area (TPSA) is 56.1 Å². The predicted molar refractivity (Wildman–Crippen MR) is 53.8 cm³/mol. The average Bonchev–Trinajstić information content (AvgIpc) is 2.20. The monoisotopic (exact) mass is 209 g/mol. The molecule has 0 bridgehead atoms. The molecule has 0 aromatic heterocycles. The molecule has 72 valence electrons. The van der Waals surface area contributed by atoms with Crippen LogP contribution in [0.3, 0.4) is 0 Å². The number of nitrogens with zero attached hydrogens (tertiary/aromatic N) is 2. The highest BCUT2D eigenvalue weighted by atomic mass is 35.5. The summed E-state index contributed by atoms with van der Waals surface area (Å²) < 4.78 is 0. The second-order valence-electron chi connectivity index (χ2n) is 2.60. The third-order valence-corrected chi connectivity index (χ3v) is 1.80. The van der Waals surface area contributed by atoms with Crippen LogP contribution in [0.15, 0.2) is 24.3 Å². The van der Waals surface area contributed by atoms with Gasteiger partial charge in [0.1, 0.15) is 0 Å². The van der Waals surface area contributed by atoms with E-state index in [-0.39, 0.29) is 0 Å². The largest absolute Gasteiger partial charge is 0.334 e. The van der Waals surface area contributed by atoms with Crippen molar-refractivity contribution in [3.8, 4) is 6.19 Å². The SMILES string of the molecule is CN(C#N)C(=O)Nc1ccc(Cl)cc1. The number of nitriles is 1. The zero-order chi connectivity index (χ0) is 10.6. The Morgan fingerprint density at radius 1 is 1.50 bits per heavy atom. The lowest BCUT2D eigenvalue weighted by Crippen LogP contribution is -2.26. The summed E-state index contributed by atoms with van der Waals surface area (Å²) in [5.41, 5.74) is 0.599. The number of hydrogen-bond acceptors (Lipinski definition) is 2. The van der Waals surface area contributed by atoms with E-state index in [9.17, 15) is 4.79 Å². The first kappa shape index (κ1) is 10.4. The third-order valence-electron chi connectivity index (χ3n) is 1.55. The molecule has 0 radical (unpaired) electrons. The molecule has 0 atom stereocenters. The second kappa shape index (κ2) is 4.49. The van der Waals surface area contributed by atoms with Crippen LogP contribution in [0, 0.1) is 11.5 Å². The second-order valence-corrected chi connectivity index (χ2v) is 3.03. The van der Waals surface area contributed by atoms with Gasteiger partial charge >= 0.3 is 6.03 Å². The van der Waals surface area contributed by atoms with Crippen LogP contribution >= 0.6 is 11.6 Å². The van der Waals surface area contributed by atoms with E-state index in [2.05, 4.69) is 5.32 Å². The normalized spacial score (nSPS) is 8.93. The zero-order valence-corrected chi connectivity index (χ0v) is 8.25. The predicted octanol–water partition coefficient (Wildman–Crippen LogP) is 2.28. The number of rotatable bonds is 1. The van der Waals surface area contributed by atoms with Crippen LogP contribution in [0.1, 0.15) is 0 Å². The molecule has 0 unspecified atom stereocenters. The van der Waals surface area contributed by atoms with Gasteiger partial charge in [-0.1, -0.05) is 11.6 Å². The number of carbonyl (C=O) groups is 1. The van der Waals surface area contributed by atoms with Gasteiger partial charge in [-0.05, 0) is 24.3 Å². The summed E-state index contributed by atoms with van der Waals surface area (Å²) in [5, 5.41) is 11.5. The van der Waals surface area contributed by atoms with Crippen LogP contribution in [0.5, 0.6) is 0 Å². The van der Waals surface area contributed by atoms with E-state index in [0.29, 0.717) is 10.7 Å². The van der Waals surface area contributed by atoms with Gasteiger partial charge in [-0.2, -0.15) is 5.26 Å². The van der Waals surface area contributed by atoms with Crippen molar-refractivity contribution in [1.29, 1.82) is 5.26 Å². The standard InChI is InChI=1S/C9H8ClN3O/c1-13(6-11)9(14)12-8-4-2-7(10)3-5-8/h2-5H,1H3,(H,12,14). The number of hydrogen-bond donors (Lipinski definition) is 1.